The molecule has 0 aliphatic rings. The first-order valence-electron chi connectivity index (χ1n) is 8.06. The highest BCUT2D eigenvalue weighted by Crippen LogP contribution is 2.19. The topological polar surface area (TPSA) is 58.5 Å². The molecule has 0 saturated heterocycles. The van der Waals surface area contributed by atoms with Gasteiger partial charge in [-0.05, 0) is 24.1 Å². The smallest absolute Gasteiger partial charge is 0.422 e. The van der Waals surface area contributed by atoms with Crippen LogP contribution in [0.4, 0.5) is 13.2 Å². The second-order valence-electron chi connectivity index (χ2n) is 5.40. The van der Waals surface area contributed by atoms with E-state index < -0.39 is 12.8 Å². The van der Waals surface area contributed by atoms with E-state index in [-0.39, 0.29) is 5.75 Å². The molecule has 0 amide bonds. The Bertz CT molecular complexity index is 731. The van der Waals surface area contributed by atoms with Crippen LogP contribution in [0.1, 0.15) is 22.4 Å². The van der Waals surface area contributed by atoms with Crippen molar-refractivity contribution in [1.82, 2.24) is 15.6 Å². The third kappa shape index (κ3) is 6.91. The van der Waals surface area contributed by atoms with E-state index in [2.05, 4.69) is 27.5 Å². The second-order valence-corrected chi connectivity index (χ2v) is 6.60. The Morgan fingerprint density at radius 1 is 1.27 bits per heavy atom. The number of ether oxygens (including phenoxy) is 1. The number of nitrogens with zero attached hydrogens (tertiary/aromatic N) is 2. The summed E-state index contributed by atoms with van der Waals surface area (Å²) in [7, 11) is 1.65. The van der Waals surface area contributed by atoms with Gasteiger partial charge in [0.05, 0.1) is 6.54 Å². The molecule has 0 spiro atoms. The number of alkyl halides is 3. The van der Waals surface area contributed by atoms with Gasteiger partial charge in [0.1, 0.15) is 10.8 Å². The number of aliphatic imine (C=N–C) groups is 1. The summed E-state index contributed by atoms with van der Waals surface area (Å²) in [4.78, 5) is 9.68. The summed E-state index contributed by atoms with van der Waals surface area (Å²) < 4.78 is 41.4. The van der Waals surface area contributed by atoms with E-state index in [1.54, 1.807) is 36.6 Å². The minimum Gasteiger partial charge on any atom is -0.484 e. The number of hydrogen-bond acceptors (Lipinski definition) is 4. The number of halogens is 3. The SMILES string of the molecule is CCc1cnc(CNC(=NC)NCc2cccc(OCC(F)(F)F)c2)s1. The molecule has 1 aromatic heterocycles. The molecule has 2 aromatic rings. The first-order chi connectivity index (χ1) is 12.4. The molecule has 1 heterocycles. The molecule has 5 nitrogen and oxygen atoms in total. The number of hydrogen-bond donors (Lipinski definition) is 2. The number of aryl methyl sites for hydroxylation is 1. The monoisotopic (exact) mass is 386 g/mol. The Hall–Kier alpha value is -2.29. The summed E-state index contributed by atoms with van der Waals surface area (Å²) in [6, 6.07) is 6.52. The lowest BCUT2D eigenvalue weighted by Gasteiger charge is -2.13. The molecular formula is C17H21F3N4OS. The lowest BCUT2D eigenvalue weighted by molar-refractivity contribution is -0.153. The maximum atomic E-state index is 12.2. The van der Waals surface area contributed by atoms with Crippen LogP contribution in [-0.4, -0.2) is 30.8 Å². The van der Waals surface area contributed by atoms with Crippen molar-refractivity contribution in [3.8, 4) is 5.75 Å². The molecule has 26 heavy (non-hydrogen) atoms. The Labute approximate surface area is 154 Å². The predicted octanol–water partition coefficient (Wildman–Crippen LogP) is 3.51. The summed E-state index contributed by atoms with van der Waals surface area (Å²) in [5.41, 5.74) is 0.787. The van der Waals surface area contributed by atoms with E-state index >= 15 is 0 Å². The molecule has 0 aliphatic carbocycles. The van der Waals surface area contributed by atoms with Crippen molar-refractivity contribution >= 4 is 17.3 Å². The zero-order chi connectivity index (χ0) is 19.0. The number of rotatable bonds is 7. The quantitative estimate of drug-likeness (QED) is 0.565. The molecule has 0 radical (unpaired) electrons. The first-order valence-corrected chi connectivity index (χ1v) is 8.88. The fourth-order valence-corrected chi connectivity index (χ4v) is 2.87. The number of thiazole rings is 1. The van der Waals surface area contributed by atoms with Crippen LogP contribution in [0.25, 0.3) is 0 Å². The van der Waals surface area contributed by atoms with Crippen LogP contribution in [0.3, 0.4) is 0 Å². The lowest BCUT2D eigenvalue weighted by Crippen LogP contribution is -2.36. The van der Waals surface area contributed by atoms with Crippen LogP contribution in [0.15, 0.2) is 35.5 Å². The zero-order valence-electron chi connectivity index (χ0n) is 14.6. The van der Waals surface area contributed by atoms with Gasteiger partial charge < -0.3 is 15.4 Å². The molecule has 0 unspecified atom stereocenters. The number of benzene rings is 1. The van der Waals surface area contributed by atoms with Crippen molar-refractivity contribution in [3.05, 3.63) is 45.9 Å². The number of aromatic nitrogens is 1. The lowest BCUT2D eigenvalue weighted by atomic mass is 10.2. The fourth-order valence-electron chi connectivity index (χ4n) is 2.07. The van der Waals surface area contributed by atoms with Crippen LogP contribution in [0.5, 0.6) is 5.75 Å². The number of nitrogens with one attached hydrogen (secondary N) is 2. The summed E-state index contributed by atoms with van der Waals surface area (Å²) >= 11 is 1.64. The van der Waals surface area contributed by atoms with Gasteiger partial charge in [-0.3, -0.25) is 4.99 Å². The van der Waals surface area contributed by atoms with Crippen molar-refractivity contribution in [2.24, 2.45) is 4.99 Å². The molecule has 0 saturated carbocycles. The largest absolute Gasteiger partial charge is 0.484 e. The van der Waals surface area contributed by atoms with Crippen LogP contribution < -0.4 is 15.4 Å². The normalized spacial score (nSPS) is 12.1. The molecular weight excluding hydrogens is 365 g/mol. The highest BCUT2D eigenvalue weighted by molar-refractivity contribution is 7.11. The molecule has 9 heteroatoms. The van der Waals surface area contributed by atoms with Gasteiger partial charge in [-0.2, -0.15) is 13.2 Å². The van der Waals surface area contributed by atoms with Crippen LogP contribution >= 0.6 is 11.3 Å². The van der Waals surface area contributed by atoms with E-state index in [1.807, 2.05) is 6.20 Å². The maximum Gasteiger partial charge on any atom is 0.422 e. The van der Waals surface area contributed by atoms with Crippen molar-refractivity contribution in [1.29, 1.82) is 0 Å². The highest BCUT2D eigenvalue weighted by Gasteiger charge is 2.28. The van der Waals surface area contributed by atoms with Gasteiger partial charge >= 0.3 is 6.18 Å². The van der Waals surface area contributed by atoms with E-state index in [0.29, 0.717) is 19.0 Å². The molecule has 142 valence electrons. The minimum absolute atomic E-state index is 0.180. The van der Waals surface area contributed by atoms with Crippen LogP contribution in [0, 0.1) is 0 Å². The molecule has 0 bridgehead atoms. The summed E-state index contributed by atoms with van der Waals surface area (Å²) in [5, 5.41) is 7.24. The van der Waals surface area contributed by atoms with Gasteiger partial charge in [0.25, 0.3) is 0 Å². The molecule has 1 aromatic carbocycles. The van der Waals surface area contributed by atoms with Crippen LogP contribution in [0.2, 0.25) is 0 Å². The van der Waals surface area contributed by atoms with Crippen molar-refractivity contribution in [2.45, 2.75) is 32.6 Å². The zero-order valence-corrected chi connectivity index (χ0v) is 15.4. The summed E-state index contributed by atoms with van der Waals surface area (Å²) in [6.07, 6.45) is -1.53. The standard InChI is InChI=1S/C17H21F3N4OS/c1-3-14-9-22-15(26-14)10-24-16(21-2)23-8-12-5-4-6-13(7-12)25-11-17(18,19)20/h4-7,9H,3,8,10-11H2,1-2H3,(H2,21,23,24). The van der Waals surface area contributed by atoms with Gasteiger partial charge in [-0.15, -0.1) is 11.3 Å². The van der Waals surface area contributed by atoms with Crippen molar-refractivity contribution < 1.29 is 17.9 Å². The highest BCUT2D eigenvalue weighted by atomic mass is 32.1. The molecule has 2 N–H and O–H groups in total. The third-order valence-electron chi connectivity index (χ3n) is 3.34. The first kappa shape index (κ1) is 20.0. The van der Waals surface area contributed by atoms with Gasteiger partial charge in [0, 0.05) is 24.7 Å². The number of guanidine groups is 1. The van der Waals surface area contributed by atoms with E-state index in [4.69, 9.17) is 4.74 Å². The maximum absolute atomic E-state index is 12.2. The fraction of sp³-hybridized carbons (Fsp3) is 0.412. The summed E-state index contributed by atoms with van der Waals surface area (Å²) in [5.74, 6) is 0.763. The molecule has 0 atom stereocenters. The van der Waals surface area contributed by atoms with Gasteiger partial charge in [0.2, 0.25) is 0 Å². The van der Waals surface area contributed by atoms with Gasteiger partial charge in [-0.1, -0.05) is 19.1 Å². The Morgan fingerprint density at radius 3 is 2.69 bits per heavy atom. The van der Waals surface area contributed by atoms with E-state index in [1.165, 1.54) is 10.9 Å². The summed E-state index contributed by atoms with van der Waals surface area (Å²) in [6.45, 7) is 1.73. The Morgan fingerprint density at radius 2 is 2.04 bits per heavy atom. The average Bonchev–Trinajstić information content (AvgIpc) is 3.08. The van der Waals surface area contributed by atoms with Gasteiger partial charge in [0.15, 0.2) is 12.6 Å². The molecule has 0 aliphatic heterocycles. The average molecular weight is 386 g/mol. The Balaban J connectivity index is 1.84. The van der Waals surface area contributed by atoms with Crippen molar-refractivity contribution in [2.75, 3.05) is 13.7 Å². The molecule has 2 rings (SSSR count). The van der Waals surface area contributed by atoms with Crippen LogP contribution in [-0.2, 0) is 19.5 Å². The predicted molar refractivity (Wildman–Crippen MR) is 96.5 cm³/mol. The third-order valence-corrected chi connectivity index (χ3v) is 4.48. The Kier molecular flexibility index (Phi) is 7.26. The minimum atomic E-state index is -4.35. The van der Waals surface area contributed by atoms with Gasteiger partial charge in [-0.25, -0.2) is 4.98 Å². The van der Waals surface area contributed by atoms with Crippen molar-refractivity contribution in [3.63, 3.8) is 0 Å². The second kappa shape index (κ2) is 9.42. The molecule has 0 fully saturated rings. The van der Waals surface area contributed by atoms with E-state index in [9.17, 15) is 13.2 Å². The van der Waals surface area contributed by atoms with E-state index in [0.717, 1.165) is 17.0 Å².